The molecule has 0 atom stereocenters. The van der Waals surface area contributed by atoms with E-state index in [-0.39, 0.29) is 68.9 Å². The van der Waals surface area contributed by atoms with Crippen LogP contribution in [0.1, 0.15) is 79.1 Å². The topological polar surface area (TPSA) is 40.1 Å². The van der Waals surface area contributed by atoms with Gasteiger partial charge in [0.05, 0.1) is 0 Å². The van der Waals surface area contributed by atoms with Gasteiger partial charge < -0.3 is 9.46 Å². The zero-order valence-corrected chi connectivity index (χ0v) is 21.7. The monoisotopic (exact) mass is 422 g/mol. The third-order valence-electron chi connectivity index (χ3n) is 3.56. The standard InChI is InChI=1S/C16H35O2P.Cs/c1-15(2)11-7-5-9-13-19(17,18)14-10-6-8-12-16(3)4;/h15-16H,5-14H2,1-4H3,(H,17,18);/q;+1/p-1. The number of hydrogen-bond acceptors (Lipinski definition) is 2. The molecule has 0 N–H and O–H groups in total. The van der Waals surface area contributed by atoms with Gasteiger partial charge in [-0.05, 0) is 37.0 Å². The summed E-state index contributed by atoms with van der Waals surface area (Å²) in [4.78, 5) is 11.9. The Hall–Kier alpha value is 2.24. The number of unbranched alkanes of at least 4 members (excludes halogenated alkanes) is 4. The molecule has 20 heavy (non-hydrogen) atoms. The molecular weight excluding hydrogens is 388 g/mol. The van der Waals surface area contributed by atoms with E-state index in [0.717, 1.165) is 37.5 Å². The summed E-state index contributed by atoms with van der Waals surface area (Å²) >= 11 is 0. The second-order valence-electron chi connectivity index (χ2n) is 6.75. The molecular formula is C16H34CsO2P. The van der Waals surface area contributed by atoms with Crippen LogP contribution in [0.5, 0.6) is 0 Å². The van der Waals surface area contributed by atoms with Crippen LogP contribution >= 0.6 is 7.37 Å². The van der Waals surface area contributed by atoms with Gasteiger partial charge in [0.1, 0.15) is 0 Å². The van der Waals surface area contributed by atoms with Gasteiger partial charge in [-0.15, -0.1) is 0 Å². The van der Waals surface area contributed by atoms with Crippen LogP contribution in [0.25, 0.3) is 0 Å². The van der Waals surface area contributed by atoms with E-state index in [0.29, 0.717) is 12.3 Å². The largest absolute Gasteiger partial charge is 1.00 e. The van der Waals surface area contributed by atoms with Crippen LogP contribution in [0.15, 0.2) is 0 Å². The average molecular weight is 422 g/mol. The van der Waals surface area contributed by atoms with Crippen LogP contribution in [-0.4, -0.2) is 12.3 Å². The Morgan fingerprint density at radius 1 is 0.750 bits per heavy atom. The molecule has 0 aromatic carbocycles. The van der Waals surface area contributed by atoms with Crippen molar-refractivity contribution in [1.29, 1.82) is 0 Å². The molecule has 0 amide bonds. The van der Waals surface area contributed by atoms with Crippen molar-refractivity contribution in [2.45, 2.75) is 79.1 Å². The summed E-state index contributed by atoms with van der Waals surface area (Å²) in [6.07, 6.45) is 9.49. The average Bonchev–Trinajstić information content (AvgIpc) is 2.27. The smallest absolute Gasteiger partial charge is 0.799 e. The van der Waals surface area contributed by atoms with Gasteiger partial charge in [0.2, 0.25) is 0 Å². The fraction of sp³-hybridized carbons (Fsp3) is 1.00. The molecule has 0 spiro atoms. The molecule has 2 nitrogen and oxygen atoms in total. The SMILES string of the molecule is CC(C)CCCCCP(=O)([O-])CCCCCC(C)C.[Cs+]. The van der Waals surface area contributed by atoms with Gasteiger partial charge in [0.15, 0.2) is 0 Å². The third-order valence-corrected chi connectivity index (χ3v) is 5.56. The van der Waals surface area contributed by atoms with E-state index in [1.165, 1.54) is 25.7 Å². The Morgan fingerprint density at radius 2 is 1.10 bits per heavy atom. The first kappa shape index (κ1) is 24.5. The minimum absolute atomic E-state index is 0. The molecule has 0 fully saturated rings. The zero-order valence-electron chi connectivity index (χ0n) is 14.5. The van der Waals surface area contributed by atoms with Crippen LogP contribution in [0.3, 0.4) is 0 Å². The molecule has 4 heteroatoms. The summed E-state index contributed by atoms with van der Waals surface area (Å²) in [5.74, 6) is 1.47. The van der Waals surface area contributed by atoms with Crippen molar-refractivity contribution in [2.75, 3.05) is 12.3 Å². The molecule has 0 aromatic heterocycles. The van der Waals surface area contributed by atoms with Crippen molar-refractivity contribution in [3.63, 3.8) is 0 Å². The van der Waals surface area contributed by atoms with Crippen LogP contribution in [0.4, 0.5) is 0 Å². The molecule has 0 aliphatic carbocycles. The minimum Gasteiger partial charge on any atom is -0.799 e. The van der Waals surface area contributed by atoms with Crippen molar-refractivity contribution in [1.82, 2.24) is 0 Å². The molecule has 0 aromatic rings. The van der Waals surface area contributed by atoms with E-state index >= 15 is 0 Å². The molecule has 0 aliphatic heterocycles. The van der Waals surface area contributed by atoms with Gasteiger partial charge in [0.25, 0.3) is 0 Å². The Balaban J connectivity index is 0. The Kier molecular flexibility index (Phi) is 18.1. The summed E-state index contributed by atoms with van der Waals surface area (Å²) < 4.78 is 11.9. The van der Waals surface area contributed by atoms with E-state index in [4.69, 9.17) is 0 Å². The van der Waals surface area contributed by atoms with Gasteiger partial charge in [-0.25, -0.2) is 0 Å². The quantitative estimate of drug-likeness (QED) is 0.357. The molecule has 0 saturated heterocycles. The molecule has 116 valence electrons. The van der Waals surface area contributed by atoms with Gasteiger partial charge in [-0.1, -0.05) is 66.2 Å². The maximum atomic E-state index is 11.9. The maximum Gasteiger partial charge on any atom is 1.00 e. The predicted octanol–water partition coefficient (Wildman–Crippen LogP) is 2.06. The summed E-state index contributed by atoms with van der Waals surface area (Å²) in [6, 6.07) is 0. The number of hydrogen-bond donors (Lipinski definition) is 0. The first-order valence-electron chi connectivity index (χ1n) is 8.12. The first-order chi connectivity index (χ1) is 8.83. The molecule has 0 bridgehead atoms. The second-order valence-corrected chi connectivity index (χ2v) is 9.27. The van der Waals surface area contributed by atoms with Crippen LogP contribution < -0.4 is 73.8 Å². The molecule has 0 saturated carbocycles. The summed E-state index contributed by atoms with van der Waals surface area (Å²) in [7, 11) is -3.07. The first-order valence-corrected chi connectivity index (χ1v) is 10.1. The van der Waals surface area contributed by atoms with E-state index in [1.54, 1.807) is 0 Å². The van der Waals surface area contributed by atoms with E-state index < -0.39 is 7.37 Å². The zero-order chi connectivity index (χ0) is 14.7. The van der Waals surface area contributed by atoms with Crippen molar-refractivity contribution >= 4 is 7.37 Å². The predicted molar refractivity (Wildman–Crippen MR) is 84.0 cm³/mol. The van der Waals surface area contributed by atoms with E-state index in [9.17, 15) is 9.46 Å². The van der Waals surface area contributed by atoms with E-state index in [1.807, 2.05) is 0 Å². The van der Waals surface area contributed by atoms with Crippen molar-refractivity contribution < 1.29 is 78.4 Å². The Bertz CT molecular complexity index is 233. The summed E-state index contributed by atoms with van der Waals surface area (Å²) in [5.41, 5.74) is 0. The van der Waals surface area contributed by atoms with Crippen molar-refractivity contribution in [3.05, 3.63) is 0 Å². The summed E-state index contributed by atoms with van der Waals surface area (Å²) in [6.45, 7) is 8.87. The Morgan fingerprint density at radius 3 is 1.40 bits per heavy atom. The fourth-order valence-corrected chi connectivity index (χ4v) is 3.91. The molecule has 0 aliphatic rings. The van der Waals surface area contributed by atoms with Crippen LogP contribution in [0.2, 0.25) is 0 Å². The van der Waals surface area contributed by atoms with Gasteiger partial charge >= 0.3 is 68.9 Å². The van der Waals surface area contributed by atoms with Crippen molar-refractivity contribution in [3.8, 4) is 0 Å². The van der Waals surface area contributed by atoms with Crippen LogP contribution in [-0.2, 0) is 4.57 Å². The fourth-order valence-electron chi connectivity index (χ4n) is 2.28. The van der Waals surface area contributed by atoms with E-state index in [2.05, 4.69) is 27.7 Å². The van der Waals surface area contributed by atoms with Crippen molar-refractivity contribution in [2.24, 2.45) is 11.8 Å². The molecule has 0 unspecified atom stereocenters. The third kappa shape index (κ3) is 18.3. The van der Waals surface area contributed by atoms with Gasteiger partial charge in [-0.3, -0.25) is 0 Å². The second kappa shape index (κ2) is 14.8. The maximum absolute atomic E-state index is 11.9. The Labute approximate surface area is 186 Å². The molecule has 0 rings (SSSR count). The van der Waals surface area contributed by atoms with Crippen LogP contribution in [0, 0.1) is 11.8 Å². The van der Waals surface area contributed by atoms with Gasteiger partial charge in [-0.2, -0.15) is 0 Å². The summed E-state index contributed by atoms with van der Waals surface area (Å²) in [5, 5.41) is 0. The van der Waals surface area contributed by atoms with Gasteiger partial charge in [0, 0.05) is 7.37 Å². The normalized spacial score (nSPS) is 11.9. The minimum atomic E-state index is -3.07. The number of rotatable bonds is 12. The molecule has 0 radical (unpaired) electrons. The molecule has 0 heterocycles.